The van der Waals surface area contributed by atoms with Crippen molar-refractivity contribution in [2.24, 2.45) is 5.73 Å². The molecule has 0 aromatic carbocycles. The van der Waals surface area contributed by atoms with Gasteiger partial charge in [0.25, 0.3) is 0 Å². The molecule has 0 aliphatic rings. The highest BCUT2D eigenvalue weighted by atomic mass is 16.5. The zero-order chi connectivity index (χ0) is 7.98. The van der Waals surface area contributed by atoms with Crippen molar-refractivity contribution in [3.05, 3.63) is 12.2 Å². The van der Waals surface area contributed by atoms with Crippen molar-refractivity contribution in [1.82, 2.24) is 0 Å². The van der Waals surface area contributed by atoms with Gasteiger partial charge in [0.05, 0.1) is 12.7 Å². The van der Waals surface area contributed by atoms with Crippen LogP contribution in [0.25, 0.3) is 0 Å². The van der Waals surface area contributed by atoms with Crippen LogP contribution < -0.4 is 5.73 Å². The summed E-state index contributed by atoms with van der Waals surface area (Å²) in [6.45, 7) is 9.07. The van der Waals surface area contributed by atoms with Gasteiger partial charge in [-0.15, -0.1) is 6.58 Å². The van der Waals surface area contributed by atoms with Gasteiger partial charge in [0.1, 0.15) is 0 Å². The Hall–Kier alpha value is -0.340. The van der Waals surface area contributed by atoms with Crippen LogP contribution in [0, 0.1) is 0 Å². The molecule has 0 spiro atoms. The van der Waals surface area contributed by atoms with Crippen LogP contribution in [0.5, 0.6) is 0 Å². The molecular formula is C8H17NO. The van der Waals surface area contributed by atoms with Crippen molar-refractivity contribution in [2.75, 3.05) is 13.2 Å². The molecule has 60 valence electrons. The van der Waals surface area contributed by atoms with Gasteiger partial charge in [-0.25, -0.2) is 0 Å². The fourth-order valence-corrected chi connectivity index (χ4v) is 0.502. The minimum absolute atomic E-state index is 0.180. The molecule has 0 rings (SSSR count). The largest absolute Gasteiger partial charge is 0.377 e. The molecule has 1 unspecified atom stereocenters. The molecule has 0 aromatic heterocycles. The van der Waals surface area contributed by atoms with E-state index in [1.54, 1.807) is 0 Å². The van der Waals surface area contributed by atoms with Gasteiger partial charge in [0.15, 0.2) is 0 Å². The lowest BCUT2D eigenvalue weighted by atomic mass is 10.2. The third kappa shape index (κ3) is 5.79. The van der Waals surface area contributed by atoms with Crippen LogP contribution >= 0.6 is 0 Å². The first-order valence-corrected chi connectivity index (χ1v) is 3.63. The van der Waals surface area contributed by atoms with Gasteiger partial charge >= 0.3 is 0 Å². The van der Waals surface area contributed by atoms with E-state index in [0.717, 1.165) is 18.6 Å². The molecule has 10 heavy (non-hydrogen) atoms. The fraction of sp³-hybridized carbons (Fsp3) is 0.750. The zero-order valence-electron chi connectivity index (χ0n) is 6.89. The number of rotatable bonds is 5. The predicted octanol–water partition coefficient (Wildman–Crippen LogP) is 1.32. The van der Waals surface area contributed by atoms with Gasteiger partial charge in [0, 0.05) is 6.54 Å². The van der Waals surface area contributed by atoms with Crippen molar-refractivity contribution < 1.29 is 4.74 Å². The van der Waals surface area contributed by atoms with Crippen molar-refractivity contribution in [2.45, 2.75) is 26.4 Å². The molecular weight excluding hydrogens is 126 g/mol. The van der Waals surface area contributed by atoms with Crippen molar-refractivity contribution in [1.29, 1.82) is 0 Å². The van der Waals surface area contributed by atoms with E-state index in [1.807, 2.05) is 13.8 Å². The zero-order valence-corrected chi connectivity index (χ0v) is 6.89. The van der Waals surface area contributed by atoms with Crippen molar-refractivity contribution >= 4 is 0 Å². The Kier molecular flexibility index (Phi) is 5.26. The molecule has 0 saturated carbocycles. The molecule has 2 heteroatoms. The Bertz CT molecular complexity index is 101. The number of nitrogens with two attached hydrogens (primary N) is 1. The summed E-state index contributed by atoms with van der Waals surface area (Å²) >= 11 is 0. The van der Waals surface area contributed by atoms with Crippen LogP contribution in [0.3, 0.4) is 0 Å². The average molecular weight is 143 g/mol. The van der Waals surface area contributed by atoms with Gasteiger partial charge in [-0.2, -0.15) is 0 Å². The van der Waals surface area contributed by atoms with Crippen LogP contribution in [-0.2, 0) is 4.74 Å². The summed E-state index contributed by atoms with van der Waals surface area (Å²) in [6, 6.07) is 0. The molecule has 0 heterocycles. The van der Waals surface area contributed by atoms with E-state index in [2.05, 4.69) is 6.58 Å². The third-order valence-corrected chi connectivity index (χ3v) is 1.26. The molecule has 0 aliphatic carbocycles. The SMILES string of the molecule is C=C(C)CCOC(C)CN. The molecule has 2 nitrogen and oxygen atoms in total. The maximum absolute atomic E-state index is 5.34. The van der Waals surface area contributed by atoms with Gasteiger partial charge in [-0.05, 0) is 20.3 Å². The summed E-state index contributed by atoms with van der Waals surface area (Å²) in [7, 11) is 0. The van der Waals surface area contributed by atoms with E-state index in [-0.39, 0.29) is 6.10 Å². The Balaban J connectivity index is 3.11. The Labute approximate surface area is 63.1 Å². The highest BCUT2D eigenvalue weighted by Crippen LogP contribution is 1.97. The lowest BCUT2D eigenvalue weighted by molar-refractivity contribution is 0.0744. The van der Waals surface area contributed by atoms with Crippen LogP contribution in [-0.4, -0.2) is 19.3 Å². The normalized spacial score (nSPS) is 13.1. The van der Waals surface area contributed by atoms with Gasteiger partial charge < -0.3 is 10.5 Å². The standard InChI is InChI=1S/C8H17NO/c1-7(2)4-5-10-8(3)6-9/h8H,1,4-6,9H2,2-3H3. The molecule has 0 aromatic rings. The van der Waals surface area contributed by atoms with E-state index >= 15 is 0 Å². The minimum Gasteiger partial charge on any atom is -0.377 e. The summed E-state index contributed by atoms with van der Waals surface area (Å²) < 4.78 is 5.32. The quantitative estimate of drug-likeness (QED) is 0.589. The minimum atomic E-state index is 0.180. The van der Waals surface area contributed by atoms with Crippen molar-refractivity contribution in [3.63, 3.8) is 0 Å². The highest BCUT2D eigenvalue weighted by Gasteiger charge is 1.96. The maximum atomic E-state index is 5.34. The fourth-order valence-electron chi connectivity index (χ4n) is 0.502. The molecule has 0 aliphatic heterocycles. The smallest absolute Gasteiger partial charge is 0.0669 e. The van der Waals surface area contributed by atoms with Crippen LogP contribution in [0.2, 0.25) is 0 Å². The summed E-state index contributed by atoms with van der Waals surface area (Å²) in [6.07, 6.45) is 1.11. The lowest BCUT2D eigenvalue weighted by Gasteiger charge is -2.09. The highest BCUT2D eigenvalue weighted by molar-refractivity contribution is 4.87. The van der Waals surface area contributed by atoms with Gasteiger partial charge in [0.2, 0.25) is 0 Å². The van der Waals surface area contributed by atoms with Gasteiger partial charge in [-0.1, -0.05) is 5.57 Å². The molecule has 0 amide bonds. The van der Waals surface area contributed by atoms with Crippen LogP contribution in [0.15, 0.2) is 12.2 Å². The van der Waals surface area contributed by atoms with Gasteiger partial charge in [-0.3, -0.25) is 0 Å². The molecule has 0 saturated heterocycles. The monoisotopic (exact) mass is 143 g/mol. The Morgan fingerprint density at radius 1 is 1.70 bits per heavy atom. The predicted molar refractivity (Wildman–Crippen MR) is 43.9 cm³/mol. The number of hydrogen-bond acceptors (Lipinski definition) is 2. The Morgan fingerprint density at radius 2 is 2.30 bits per heavy atom. The first-order valence-electron chi connectivity index (χ1n) is 3.63. The molecule has 2 N–H and O–H groups in total. The molecule has 1 atom stereocenters. The average Bonchev–Trinajstić information content (AvgIpc) is 1.87. The summed E-state index contributed by atoms with van der Waals surface area (Å²) in [4.78, 5) is 0. The third-order valence-electron chi connectivity index (χ3n) is 1.26. The summed E-state index contributed by atoms with van der Waals surface area (Å²) in [5.41, 5.74) is 6.50. The topological polar surface area (TPSA) is 35.2 Å². The number of hydrogen-bond donors (Lipinski definition) is 1. The number of ether oxygens (including phenoxy) is 1. The second-order valence-electron chi connectivity index (χ2n) is 2.62. The Morgan fingerprint density at radius 3 is 2.70 bits per heavy atom. The van der Waals surface area contributed by atoms with E-state index in [1.165, 1.54) is 0 Å². The second-order valence-corrected chi connectivity index (χ2v) is 2.62. The van der Waals surface area contributed by atoms with E-state index < -0.39 is 0 Å². The summed E-state index contributed by atoms with van der Waals surface area (Å²) in [5, 5.41) is 0. The van der Waals surface area contributed by atoms with E-state index in [4.69, 9.17) is 10.5 Å². The maximum Gasteiger partial charge on any atom is 0.0669 e. The van der Waals surface area contributed by atoms with E-state index in [0.29, 0.717) is 6.54 Å². The molecule has 0 bridgehead atoms. The summed E-state index contributed by atoms with van der Waals surface area (Å²) in [5.74, 6) is 0. The second kappa shape index (κ2) is 5.45. The first-order chi connectivity index (χ1) is 4.66. The lowest BCUT2D eigenvalue weighted by Crippen LogP contribution is -2.20. The first kappa shape index (κ1) is 9.66. The van der Waals surface area contributed by atoms with Crippen molar-refractivity contribution in [3.8, 4) is 0 Å². The van der Waals surface area contributed by atoms with Crippen LogP contribution in [0.1, 0.15) is 20.3 Å². The molecule has 0 fully saturated rings. The van der Waals surface area contributed by atoms with Crippen LogP contribution in [0.4, 0.5) is 0 Å². The van der Waals surface area contributed by atoms with E-state index in [9.17, 15) is 0 Å². The molecule has 0 radical (unpaired) electrons.